The van der Waals surface area contributed by atoms with E-state index in [2.05, 4.69) is 58.0 Å². The number of hydrogen-bond acceptors (Lipinski definition) is 1. The van der Waals surface area contributed by atoms with Gasteiger partial charge in [-0.1, -0.05) is 63.6 Å². The fraction of sp³-hybridized carbons (Fsp3) is 0.550. The van der Waals surface area contributed by atoms with Crippen LogP contribution in [-0.2, 0) is 4.79 Å². The minimum Gasteiger partial charge on any atom is -0.294 e. The molecule has 0 amide bonds. The Hall–Kier alpha value is -1.37. The minimum absolute atomic E-state index is 0.0407. The second kappa shape index (κ2) is 4.83. The second-order valence-corrected chi connectivity index (χ2v) is 7.74. The highest BCUT2D eigenvalue weighted by Gasteiger charge is 2.58. The van der Waals surface area contributed by atoms with Gasteiger partial charge in [0.15, 0.2) is 5.78 Å². The molecule has 21 heavy (non-hydrogen) atoms. The number of carbonyl (C=O) groups excluding carboxylic acids is 1. The molecule has 0 heterocycles. The first-order valence-electron chi connectivity index (χ1n) is 8.18. The van der Waals surface area contributed by atoms with Crippen molar-refractivity contribution >= 4 is 5.78 Å². The van der Waals surface area contributed by atoms with Crippen molar-refractivity contribution < 1.29 is 4.79 Å². The first kappa shape index (κ1) is 14.6. The molecule has 0 saturated heterocycles. The Kier molecular flexibility index (Phi) is 3.35. The second-order valence-electron chi connectivity index (χ2n) is 7.74. The third-order valence-corrected chi connectivity index (χ3v) is 6.20. The van der Waals surface area contributed by atoms with Crippen LogP contribution < -0.4 is 0 Å². The standard InChI is InChI=1S/C20H26O/c1-19(2)17(18(21)20(19,3)4)16-12-10-15(11-13-16)14-8-6-5-7-9-14/h5-9,15H,10-13H2,1-4H3. The van der Waals surface area contributed by atoms with E-state index in [0.717, 1.165) is 18.4 Å². The van der Waals surface area contributed by atoms with Crippen LogP contribution in [0.4, 0.5) is 0 Å². The molecule has 2 aliphatic rings. The van der Waals surface area contributed by atoms with Gasteiger partial charge in [0, 0.05) is 16.4 Å². The molecular weight excluding hydrogens is 256 g/mol. The number of Topliss-reactive ketones (excluding diaryl/α,β-unsaturated/α-hetero) is 1. The molecule has 0 radical (unpaired) electrons. The maximum atomic E-state index is 12.5. The normalized spacial score (nSPS) is 27.4. The summed E-state index contributed by atoms with van der Waals surface area (Å²) >= 11 is 0. The van der Waals surface area contributed by atoms with Crippen molar-refractivity contribution in [2.75, 3.05) is 0 Å². The summed E-state index contributed by atoms with van der Waals surface area (Å²) < 4.78 is 0. The van der Waals surface area contributed by atoms with Gasteiger partial charge in [-0.2, -0.15) is 0 Å². The summed E-state index contributed by atoms with van der Waals surface area (Å²) in [5.74, 6) is 1.06. The zero-order valence-corrected chi connectivity index (χ0v) is 13.7. The van der Waals surface area contributed by atoms with E-state index >= 15 is 0 Å². The van der Waals surface area contributed by atoms with E-state index in [4.69, 9.17) is 0 Å². The number of allylic oxidation sites excluding steroid dienone is 2. The van der Waals surface area contributed by atoms with Gasteiger partial charge in [0.25, 0.3) is 0 Å². The average Bonchev–Trinajstić information content (AvgIpc) is 2.48. The molecular formula is C20H26O. The van der Waals surface area contributed by atoms with Crippen molar-refractivity contribution in [3.63, 3.8) is 0 Å². The number of rotatable bonds is 1. The largest absolute Gasteiger partial charge is 0.294 e. The molecule has 1 aromatic rings. The Morgan fingerprint density at radius 1 is 0.905 bits per heavy atom. The highest BCUT2D eigenvalue weighted by atomic mass is 16.1. The maximum absolute atomic E-state index is 12.5. The van der Waals surface area contributed by atoms with Crippen LogP contribution in [0.1, 0.15) is 64.9 Å². The highest BCUT2D eigenvalue weighted by Crippen LogP contribution is 2.59. The summed E-state index contributed by atoms with van der Waals surface area (Å²) in [5, 5.41) is 0. The van der Waals surface area contributed by atoms with Gasteiger partial charge in [0.05, 0.1) is 0 Å². The van der Waals surface area contributed by atoms with Crippen LogP contribution in [0.2, 0.25) is 0 Å². The Morgan fingerprint density at radius 3 is 2.00 bits per heavy atom. The lowest BCUT2D eigenvalue weighted by molar-refractivity contribution is -0.139. The molecule has 2 fully saturated rings. The molecule has 0 N–H and O–H groups in total. The van der Waals surface area contributed by atoms with E-state index in [0.29, 0.717) is 11.7 Å². The van der Waals surface area contributed by atoms with Crippen LogP contribution in [0.3, 0.4) is 0 Å². The third kappa shape index (κ3) is 2.09. The summed E-state index contributed by atoms with van der Waals surface area (Å²) in [4.78, 5) is 12.5. The molecule has 0 bridgehead atoms. The predicted molar refractivity (Wildman–Crippen MR) is 87.2 cm³/mol. The molecule has 0 spiro atoms. The molecule has 3 rings (SSSR count). The van der Waals surface area contributed by atoms with Gasteiger partial charge >= 0.3 is 0 Å². The maximum Gasteiger partial charge on any atom is 0.165 e. The summed E-state index contributed by atoms with van der Waals surface area (Å²) in [6, 6.07) is 10.8. The zero-order valence-electron chi connectivity index (χ0n) is 13.7. The Bertz CT molecular complexity index is 580. The monoisotopic (exact) mass is 282 g/mol. The molecule has 0 aliphatic heterocycles. The van der Waals surface area contributed by atoms with Crippen LogP contribution in [0.15, 0.2) is 41.5 Å². The Labute approximate surface area is 128 Å². The number of carbonyl (C=O) groups is 1. The van der Waals surface area contributed by atoms with Gasteiger partial charge in [-0.05, 0) is 37.2 Å². The number of hydrogen-bond donors (Lipinski definition) is 0. The lowest BCUT2D eigenvalue weighted by Gasteiger charge is -2.54. The van der Waals surface area contributed by atoms with E-state index in [1.54, 1.807) is 0 Å². The molecule has 0 unspecified atom stereocenters. The number of benzene rings is 1. The molecule has 2 saturated carbocycles. The molecule has 2 aliphatic carbocycles. The van der Waals surface area contributed by atoms with Crippen molar-refractivity contribution in [2.24, 2.45) is 10.8 Å². The van der Waals surface area contributed by atoms with Crippen LogP contribution in [0, 0.1) is 10.8 Å². The zero-order chi connectivity index (χ0) is 15.3. The number of ketones is 1. The summed E-state index contributed by atoms with van der Waals surface area (Å²) in [5.41, 5.74) is 3.90. The van der Waals surface area contributed by atoms with E-state index < -0.39 is 0 Å². The van der Waals surface area contributed by atoms with Crippen molar-refractivity contribution in [2.45, 2.75) is 59.3 Å². The van der Waals surface area contributed by atoms with Gasteiger partial charge < -0.3 is 0 Å². The lowest BCUT2D eigenvalue weighted by atomic mass is 9.47. The van der Waals surface area contributed by atoms with Crippen molar-refractivity contribution in [1.82, 2.24) is 0 Å². The van der Waals surface area contributed by atoms with Crippen molar-refractivity contribution in [3.8, 4) is 0 Å². The minimum atomic E-state index is -0.189. The van der Waals surface area contributed by atoms with Gasteiger partial charge in [-0.25, -0.2) is 0 Å². The average molecular weight is 282 g/mol. The van der Waals surface area contributed by atoms with Gasteiger partial charge in [0.2, 0.25) is 0 Å². The third-order valence-electron chi connectivity index (χ3n) is 6.20. The first-order valence-corrected chi connectivity index (χ1v) is 8.18. The van der Waals surface area contributed by atoms with Gasteiger partial charge in [0.1, 0.15) is 0 Å². The SMILES string of the molecule is CC1(C)C(=O)C(=C2CCC(c3ccccc3)CC2)C1(C)C. The Morgan fingerprint density at radius 2 is 1.48 bits per heavy atom. The predicted octanol–water partition coefficient (Wildman–Crippen LogP) is 5.28. The fourth-order valence-corrected chi connectivity index (χ4v) is 4.01. The van der Waals surface area contributed by atoms with E-state index in [-0.39, 0.29) is 10.8 Å². The molecule has 1 aromatic carbocycles. The lowest BCUT2D eigenvalue weighted by Crippen LogP contribution is -2.55. The quantitative estimate of drug-likeness (QED) is 0.641. The van der Waals surface area contributed by atoms with Crippen molar-refractivity contribution in [1.29, 1.82) is 0 Å². The molecule has 1 heteroatoms. The summed E-state index contributed by atoms with van der Waals surface area (Å²) in [7, 11) is 0. The highest BCUT2D eigenvalue weighted by molar-refractivity contribution is 6.09. The molecule has 0 aromatic heterocycles. The van der Waals surface area contributed by atoms with Crippen LogP contribution in [-0.4, -0.2) is 5.78 Å². The van der Waals surface area contributed by atoms with Crippen molar-refractivity contribution in [3.05, 3.63) is 47.0 Å². The topological polar surface area (TPSA) is 17.1 Å². The molecule has 0 atom stereocenters. The summed E-state index contributed by atoms with van der Waals surface area (Å²) in [6.07, 6.45) is 4.57. The van der Waals surface area contributed by atoms with E-state index in [1.165, 1.54) is 24.0 Å². The van der Waals surface area contributed by atoms with Gasteiger partial charge in [-0.15, -0.1) is 0 Å². The molecule has 1 nitrogen and oxygen atoms in total. The smallest absolute Gasteiger partial charge is 0.165 e. The van der Waals surface area contributed by atoms with E-state index in [9.17, 15) is 4.79 Å². The fourth-order valence-electron chi connectivity index (χ4n) is 4.01. The molecule has 112 valence electrons. The van der Waals surface area contributed by atoms with E-state index in [1.807, 2.05) is 0 Å². The first-order chi connectivity index (χ1) is 9.85. The van der Waals surface area contributed by atoms with Crippen LogP contribution in [0.5, 0.6) is 0 Å². The van der Waals surface area contributed by atoms with Gasteiger partial charge in [-0.3, -0.25) is 4.79 Å². The Balaban J connectivity index is 1.78. The summed E-state index contributed by atoms with van der Waals surface area (Å²) in [6.45, 7) is 8.66. The van der Waals surface area contributed by atoms with Crippen LogP contribution in [0.25, 0.3) is 0 Å². The van der Waals surface area contributed by atoms with Crippen LogP contribution >= 0.6 is 0 Å².